The van der Waals surface area contributed by atoms with Gasteiger partial charge in [0, 0.05) is 29.1 Å². The Bertz CT molecular complexity index is 1520. The summed E-state index contributed by atoms with van der Waals surface area (Å²) in [7, 11) is 0. The molecular weight excluding hydrogens is 631 g/mol. The van der Waals surface area contributed by atoms with Crippen molar-refractivity contribution >= 4 is 98.2 Å². The number of carbonyl (C=O) groups is 3. The predicted octanol–water partition coefficient (Wildman–Crippen LogP) is 2.59. The van der Waals surface area contributed by atoms with Gasteiger partial charge in [-0.15, -0.1) is 22.0 Å². The first-order chi connectivity index (χ1) is 18.7. The first-order valence-corrected chi connectivity index (χ1v) is 15.1. The van der Waals surface area contributed by atoms with Crippen molar-refractivity contribution in [2.24, 2.45) is 5.16 Å². The number of nitrogens with two attached hydrogens (primary N) is 1. The van der Waals surface area contributed by atoms with E-state index >= 15 is 0 Å². The number of nitrogens with one attached hydrogen (secondary N) is 1. The standard InChI is InChI=1S/C20H14Cl2N8O5S4/c21-9-2-1-8(3-10(9)22)35-28-11(14-26-19(23)39-29-14)15(31)25-12-16(32)30-13(18(33)34)7(4-36-17(12)30)5-37-20-27-24-6-38-20/h1-3,6,12,17H,4-5H2,(H,25,31)(H,33,34)(H2,23,26,29)/b28-11+. The van der Waals surface area contributed by atoms with Gasteiger partial charge in [-0.2, -0.15) is 9.36 Å². The van der Waals surface area contributed by atoms with Crippen molar-refractivity contribution in [1.82, 2.24) is 29.8 Å². The minimum Gasteiger partial charge on any atom is -0.477 e. The molecule has 1 saturated heterocycles. The van der Waals surface area contributed by atoms with E-state index in [1.807, 2.05) is 0 Å². The summed E-state index contributed by atoms with van der Waals surface area (Å²) in [5.74, 6) is -1.88. The highest BCUT2D eigenvalue weighted by atomic mass is 35.5. The maximum absolute atomic E-state index is 13.2. The van der Waals surface area contributed by atoms with Gasteiger partial charge in [-0.1, -0.05) is 51.5 Å². The van der Waals surface area contributed by atoms with E-state index < -0.39 is 29.2 Å². The number of carboxylic acids is 1. The molecule has 13 nitrogen and oxygen atoms in total. The first-order valence-electron chi connectivity index (χ1n) is 10.6. The zero-order chi connectivity index (χ0) is 27.7. The lowest BCUT2D eigenvalue weighted by Gasteiger charge is -2.49. The molecule has 202 valence electrons. The number of nitrogen functional groups attached to an aromatic ring is 1. The second-order valence-corrected chi connectivity index (χ2v) is 12.4. The smallest absolute Gasteiger partial charge is 0.352 e. The fourth-order valence-corrected chi connectivity index (χ4v) is 7.22. The summed E-state index contributed by atoms with van der Waals surface area (Å²) < 4.78 is 4.70. The quantitative estimate of drug-likeness (QED) is 0.134. The van der Waals surface area contributed by atoms with E-state index in [1.165, 1.54) is 58.0 Å². The Morgan fingerprint density at radius 1 is 1.33 bits per heavy atom. The summed E-state index contributed by atoms with van der Waals surface area (Å²) in [4.78, 5) is 48.9. The molecule has 4 heterocycles. The molecule has 0 aliphatic carbocycles. The largest absolute Gasteiger partial charge is 0.477 e. The number of fused-ring (bicyclic) bond motifs is 1. The summed E-state index contributed by atoms with van der Waals surface area (Å²) in [5, 5.41) is 24.0. The second kappa shape index (κ2) is 11.6. The third-order valence-electron chi connectivity index (χ3n) is 5.25. The molecule has 2 unspecified atom stereocenters. The number of nitrogens with zero attached hydrogens (tertiary/aromatic N) is 6. The van der Waals surface area contributed by atoms with E-state index in [0.717, 1.165) is 11.5 Å². The average molecular weight is 646 g/mol. The molecule has 2 amide bonds. The number of aromatic nitrogens is 4. The molecule has 0 bridgehead atoms. The summed E-state index contributed by atoms with van der Waals surface area (Å²) in [6, 6.07) is 3.37. The maximum atomic E-state index is 13.2. The lowest BCUT2D eigenvalue weighted by molar-refractivity contribution is -0.150. The van der Waals surface area contributed by atoms with Crippen molar-refractivity contribution in [3.05, 3.63) is 50.8 Å². The Kier molecular flexibility index (Phi) is 8.24. The summed E-state index contributed by atoms with van der Waals surface area (Å²) in [6.07, 6.45) is 0. The van der Waals surface area contributed by atoms with Gasteiger partial charge >= 0.3 is 5.97 Å². The number of aliphatic carboxylic acids is 1. The number of carbonyl (C=O) groups excluding carboxylic acids is 2. The lowest BCUT2D eigenvalue weighted by atomic mass is 10.0. The molecule has 19 heteroatoms. The molecule has 2 aromatic heterocycles. The van der Waals surface area contributed by atoms with E-state index in [-0.39, 0.29) is 33.1 Å². The maximum Gasteiger partial charge on any atom is 0.352 e. The fourth-order valence-electron chi connectivity index (χ4n) is 3.53. The molecule has 3 aromatic rings. The highest BCUT2D eigenvalue weighted by Crippen LogP contribution is 2.41. The van der Waals surface area contributed by atoms with Crippen LogP contribution in [0.25, 0.3) is 0 Å². The molecule has 39 heavy (non-hydrogen) atoms. The third-order valence-corrected chi connectivity index (χ3v) is 9.82. The Balaban J connectivity index is 1.33. The predicted molar refractivity (Wildman–Crippen MR) is 148 cm³/mol. The Morgan fingerprint density at radius 2 is 2.15 bits per heavy atom. The third kappa shape index (κ3) is 5.82. The molecule has 0 saturated carbocycles. The van der Waals surface area contributed by atoms with Crippen molar-refractivity contribution in [3.8, 4) is 5.75 Å². The minimum absolute atomic E-state index is 0.0870. The van der Waals surface area contributed by atoms with Crippen LogP contribution in [0.5, 0.6) is 5.75 Å². The van der Waals surface area contributed by atoms with Gasteiger partial charge in [-0.25, -0.2) is 4.79 Å². The molecule has 2 aliphatic heterocycles. The van der Waals surface area contributed by atoms with Crippen molar-refractivity contribution in [2.45, 2.75) is 15.8 Å². The van der Waals surface area contributed by atoms with Crippen LogP contribution in [0.3, 0.4) is 0 Å². The molecule has 1 aromatic carbocycles. The van der Waals surface area contributed by atoms with Gasteiger partial charge in [0.15, 0.2) is 15.2 Å². The van der Waals surface area contributed by atoms with Crippen LogP contribution in [0.15, 0.2) is 44.5 Å². The number of oxime groups is 1. The zero-order valence-electron chi connectivity index (χ0n) is 19.1. The molecule has 5 rings (SSSR count). The number of halogens is 2. The molecular formula is C20H14Cl2N8O5S4. The Hall–Kier alpha value is -2.96. The fraction of sp³-hybridized carbons (Fsp3) is 0.200. The van der Waals surface area contributed by atoms with Crippen molar-refractivity contribution in [1.29, 1.82) is 0 Å². The van der Waals surface area contributed by atoms with Gasteiger partial charge in [0.25, 0.3) is 11.8 Å². The first kappa shape index (κ1) is 27.6. The van der Waals surface area contributed by atoms with Crippen LogP contribution in [-0.2, 0) is 14.4 Å². The number of rotatable bonds is 9. The van der Waals surface area contributed by atoms with E-state index in [4.69, 9.17) is 33.8 Å². The van der Waals surface area contributed by atoms with Gasteiger partial charge in [0.05, 0.1) is 10.0 Å². The van der Waals surface area contributed by atoms with Gasteiger partial charge in [-0.05, 0) is 17.7 Å². The highest BCUT2D eigenvalue weighted by molar-refractivity contribution is 8.01. The number of β-lactam (4-membered cyclic amide) rings is 1. The van der Waals surface area contributed by atoms with Crippen molar-refractivity contribution in [3.63, 3.8) is 0 Å². The Labute approximate surface area is 246 Å². The monoisotopic (exact) mass is 644 g/mol. The van der Waals surface area contributed by atoms with Crippen LogP contribution >= 0.6 is 69.6 Å². The van der Waals surface area contributed by atoms with Gasteiger partial charge < -0.3 is 21.0 Å². The van der Waals surface area contributed by atoms with Gasteiger partial charge in [0.2, 0.25) is 11.5 Å². The van der Waals surface area contributed by atoms with Crippen molar-refractivity contribution < 1.29 is 24.3 Å². The lowest BCUT2D eigenvalue weighted by Crippen LogP contribution is -2.71. The Morgan fingerprint density at radius 3 is 2.82 bits per heavy atom. The van der Waals surface area contributed by atoms with Crippen LogP contribution in [-0.4, -0.2) is 76.0 Å². The van der Waals surface area contributed by atoms with E-state index in [9.17, 15) is 19.5 Å². The molecule has 2 atom stereocenters. The van der Waals surface area contributed by atoms with Gasteiger partial charge in [-0.3, -0.25) is 14.5 Å². The number of anilines is 1. The zero-order valence-corrected chi connectivity index (χ0v) is 23.9. The molecule has 4 N–H and O–H groups in total. The normalized spacial score (nSPS) is 19.0. The number of thioether (sulfide) groups is 2. The van der Waals surface area contributed by atoms with Gasteiger partial charge in [0.1, 0.15) is 22.6 Å². The highest BCUT2D eigenvalue weighted by Gasteiger charge is 2.54. The van der Waals surface area contributed by atoms with Crippen LogP contribution in [0.1, 0.15) is 5.82 Å². The topological polar surface area (TPSA) is 186 Å². The van der Waals surface area contributed by atoms with Crippen LogP contribution in [0.2, 0.25) is 10.0 Å². The molecule has 0 radical (unpaired) electrons. The number of hydrogen-bond donors (Lipinski definition) is 3. The van der Waals surface area contributed by atoms with Crippen LogP contribution < -0.4 is 15.9 Å². The van der Waals surface area contributed by atoms with Crippen molar-refractivity contribution in [2.75, 3.05) is 17.2 Å². The van der Waals surface area contributed by atoms with E-state index in [0.29, 0.717) is 26.4 Å². The number of benzene rings is 1. The SMILES string of the molecule is Nc1nc(/C(=N\Oc2ccc(Cl)c(Cl)c2)C(=O)NC2C(=O)N3C(C(=O)O)=C(CSc4nncs4)CSC23)ns1. The summed E-state index contributed by atoms with van der Waals surface area (Å²) >= 11 is 16.8. The minimum atomic E-state index is -1.23. The van der Waals surface area contributed by atoms with E-state index in [1.54, 1.807) is 5.51 Å². The van der Waals surface area contributed by atoms with E-state index in [2.05, 4.69) is 30.0 Å². The molecule has 1 fully saturated rings. The number of carboxylic acid groups (broad SMARTS) is 1. The number of hydrogen-bond acceptors (Lipinski definition) is 14. The number of amides is 2. The van der Waals surface area contributed by atoms with Crippen LogP contribution in [0, 0.1) is 0 Å². The average Bonchev–Trinajstić information content (AvgIpc) is 3.59. The molecule has 0 spiro atoms. The molecule has 2 aliphatic rings. The second-order valence-electron chi connectivity index (χ2n) is 7.67. The van der Waals surface area contributed by atoms with Crippen LogP contribution in [0.4, 0.5) is 5.13 Å². The summed E-state index contributed by atoms with van der Waals surface area (Å²) in [5.41, 5.74) is 7.38. The summed E-state index contributed by atoms with van der Waals surface area (Å²) in [6.45, 7) is 0.